The molecule has 1 spiro atoms. The van der Waals surface area contributed by atoms with Crippen molar-refractivity contribution in [3.8, 4) is 11.1 Å². The van der Waals surface area contributed by atoms with E-state index >= 15 is 0 Å². The van der Waals surface area contributed by atoms with Crippen LogP contribution in [0.4, 0.5) is 0 Å². The highest BCUT2D eigenvalue weighted by Gasteiger charge is 2.43. The molecule has 3 aromatic rings. The van der Waals surface area contributed by atoms with Crippen LogP contribution in [0.15, 0.2) is 72.8 Å². The molecule has 0 aromatic heterocycles. The second-order valence-electron chi connectivity index (χ2n) is 12.2. The number of amides is 1. The Morgan fingerprint density at radius 1 is 0.913 bits per heavy atom. The van der Waals surface area contributed by atoms with Gasteiger partial charge in [0.15, 0.2) is 12.1 Å². The van der Waals surface area contributed by atoms with E-state index in [1.54, 1.807) is 0 Å². The van der Waals surface area contributed by atoms with E-state index in [2.05, 4.69) is 23.2 Å². The number of rotatable bonds is 8. The summed E-state index contributed by atoms with van der Waals surface area (Å²) in [7, 11) is 0. The summed E-state index contributed by atoms with van der Waals surface area (Å²) in [6.07, 6.45) is 0.801. The minimum absolute atomic E-state index is 0.00708. The Bertz CT molecular complexity index is 1480. The Morgan fingerprint density at radius 3 is 2.26 bits per heavy atom. The number of nitrogens with zero attached hydrogens (tertiary/aromatic N) is 1. The summed E-state index contributed by atoms with van der Waals surface area (Å²) in [5.74, 6) is -1.02. The highest BCUT2D eigenvalue weighted by molar-refractivity contribution is 6.76. The van der Waals surface area contributed by atoms with Gasteiger partial charge in [-0.3, -0.25) is 4.79 Å². The minimum atomic E-state index is -2.02. The SMILES string of the molecule is C[C@@H]1[C@H](CN2CCC3(CC2)OCCO3)O[C@H](c2cccc(-c3cccc(CNC(=O)C(Cl)(Cl)Cl)c3)c2)O[C@@H]1c1ccc(CO)cc1. The Balaban J connectivity index is 1.22. The first-order chi connectivity index (χ1) is 22.1. The number of halogens is 3. The van der Waals surface area contributed by atoms with Crippen LogP contribution in [-0.2, 0) is 36.9 Å². The minimum Gasteiger partial charge on any atom is -0.392 e. The first-order valence-corrected chi connectivity index (χ1v) is 16.8. The Labute approximate surface area is 284 Å². The molecule has 0 unspecified atom stereocenters. The number of aliphatic hydroxyl groups excluding tert-OH is 1. The summed E-state index contributed by atoms with van der Waals surface area (Å²) in [6, 6.07) is 24.0. The van der Waals surface area contributed by atoms with Crippen LogP contribution in [0, 0.1) is 5.92 Å². The maximum atomic E-state index is 12.0. The molecular formula is C35H39Cl3N2O6. The van der Waals surface area contributed by atoms with Gasteiger partial charge in [0.05, 0.1) is 32.0 Å². The molecule has 3 aromatic carbocycles. The molecule has 3 aliphatic heterocycles. The number of aliphatic hydroxyl groups is 1. The number of nitrogens with one attached hydrogen (secondary N) is 1. The van der Waals surface area contributed by atoms with Crippen molar-refractivity contribution >= 4 is 40.7 Å². The van der Waals surface area contributed by atoms with E-state index in [9.17, 15) is 9.90 Å². The van der Waals surface area contributed by atoms with E-state index in [0.717, 1.165) is 65.9 Å². The fourth-order valence-electron chi connectivity index (χ4n) is 6.45. The van der Waals surface area contributed by atoms with Gasteiger partial charge in [-0.1, -0.05) is 102 Å². The first-order valence-electron chi connectivity index (χ1n) is 15.7. The van der Waals surface area contributed by atoms with Crippen LogP contribution in [0.25, 0.3) is 11.1 Å². The predicted octanol–water partition coefficient (Wildman–Crippen LogP) is 6.46. The van der Waals surface area contributed by atoms with Crippen LogP contribution in [0.3, 0.4) is 0 Å². The predicted molar refractivity (Wildman–Crippen MR) is 177 cm³/mol. The quantitative estimate of drug-likeness (QED) is 0.263. The standard InChI is InChI=1S/C35H39Cl3N2O6/c1-23-30(21-40-14-12-34(13-15-40)43-16-17-44-34)45-32(46-31(23)26-10-8-24(22-41)9-11-26)29-7-3-6-28(19-29)27-5-2-4-25(18-27)20-39-33(42)35(36,37)38/h2-11,18-19,23,30-32,41H,12-17,20-22H2,1H3,(H,39,42)/t23-,30+,31+,32+/m1/s1. The van der Waals surface area contributed by atoms with E-state index in [1.165, 1.54) is 0 Å². The number of hydrogen-bond acceptors (Lipinski definition) is 7. The fraction of sp³-hybridized carbons (Fsp3) is 0.457. The van der Waals surface area contributed by atoms with Crippen molar-refractivity contribution < 1.29 is 28.8 Å². The Hall–Kier alpha value is -2.24. The summed E-state index contributed by atoms with van der Waals surface area (Å²) in [5.41, 5.74) is 5.64. The van der Waals surface area contributed by atoms with E-state index in [-0.39, 0.29) is 31.3 Å². The molecule has 46 heavy (non-hydrogen) atoms. The molecule has 4 atom stereocenters. The van der Waals surface area contributed by atoms with Crippen molar-refractivity contribution in [2.24, 2.45) is 5.92 Å². The molecule has 1 amide bonds. The molecule has 3 saturated heterocycles. The average Bonchev–Trinajstić information content (AvgIpc) is 3.53. The number of carbonyl (C=O) groups excluding carboxylic acids is 1. The molecule has 2 N–H and O–H groups in total. The van der Waals surface area contributed by atoms with Gasteiger partial charge in [0.25, 0.3) is 9.70 Å². The first kappa shape index (κ1) is 33.7. The van der Waals surface area contributed by atoms with Gasteiger partial charge >= 0.3 is 0 Å². The van der Waals surface area contributed by atoms with Gasteiger partial charge in [-0.25, -0.2) is 0 Å². The number of hydrogen-bond donors (Lipinski definition) is 2. The van der Waals surface area contributed by atoms with E-state index in [0.29, 0.717) is 13.2 Å². The van der Waals surface area contributed by atoms with Crippen LogP contribution in [0.2, 0.25) is 0 Å². The van der Waals surface area contributed by atoms with Crippen LogP contribution >= 0.6 is 34.8 Å². The molecule has 0 radical (unpaired) electrons. The number of piperidine rings is 1. The van der Waals surface area contributed by atoms with Crippen molar-refractivity contribution in [3.63, 3.8) is 0 Å². The summed E-state index contributed by atoms with van der Waals surface area (Å²) in [4.78, 5) is 14.5. The molecule has 3 aliphatic rings. The summed E-state index contributed by atoms with van der Waals surface area (Å²) >= 11 is 17.1. The van der Waals surface area contributed by atoms with Crippen molar-refractivity contribution in [2.45, 2.75) is 61.0 Å². The molecule has 11 heteroatoms. The molecule has 0 aliphatic carbocycles. The lowest BCUT2D eigenvalue weighted by molar-refractivity contribution is -0.278. The Morgan fingerprint density at radius 2 is 1.59 bits per heavy atom. The third kappa shape index (κ3) is 7.89. The number of benzene rings is 3. The number of likely N-dealkylation sites (tertiary alicyclic amines) is 1. The lowest BCUT2D eigenvalue weighted by Crippen LogP contribution is -2.50. The topological polar surface area (TPSA) is 89.5 Å². The average molecular weight is 690 g/mol. The fourth-order valence-corrected chi connectivity index (χ4v) is 6.65. The van der Waals surface area contributed by atoms with E-state index < -0.39 is 21.8 Å². The zero-order chi connectivity index (χ0) is 32.3. The number of ether oxygens (including phenoxy) is 4. The highest BCUT2D eigenvalue weighted by atomic mass is 35.6. The molecule has 8 nitrogen and oxygen atoms in total. The molecule has 246 valence electrons. The largest absolute Gasteiger partial charge is 0.392 e. The van der Waals surface area contributed by atoms with Crippen molar-refractivity contribution in [3.05, 3.63) is 95.1 Å². The van der Waals surface area contributed by atoms with Crippen molar-refractivity contribution in [1.29, 1.82) is 0 Å². The van der Waals surface area contributed by atoms with Crippen molar-refractivity contribution in [2.75, 3.05) is 32.8 Å². The van der Waals surface area contributed by atoms with E-state index in [1.807, 2.05) is 66.7 Å². The molecule has 3 fully saturated rings. The molecule has 0 bridgehead atoms. The summed E-state index contributed by atoms with van der Waals surface area (Å²) in [6.45, 7) is 6.25. The maximum Gasteiger partial charge on any atom is 0.272 e. The number of alkyl halides is 3. The maximum absolute atomic E-state index is 12.0. The third-order valence-corrected chi connectivity index (χ3v) is 9.64. The number of carbonyl (C=O) groups is 1. The van der Waals surface area contributed by atoms with Gasteiger partial charge in [-0.15, -0.1) is 0 Å². The van der Waals surface area contributed by atoms with E-state index in [4.69, 9.17) is 53.8 Å². The Kier molecular flexibility index (Phi) is 10.6. The summed E-state index contributed by atoms with van der Waals surface area (Å²) in [5, 5.41) is 12.3. The molecular weight excluding hydrogens is 651 g/mol. The van der Waals surface area contributed by atoms with Gasteiger partial charge in [0.1, 0.15) is 0 Å². The lowest BCUT2D eigenvalue weighted by atomic mass is 9.89. The molecule has 6 rings (SSSR count). The second-order valence-corrected chi connectivity index (χ2v) is 14.5. The molecule has 3 heterocycles. The van der Waals surface area contributed by atoms with Crippen LogP contribution in [0.1, 0.15) is 54.4 Å². The van der Waals surface area contributed by atoms with Crippen molar-refractivity contribution in [1.82, 2.24) is 10.2 Å². The highest BCUT2D eigenvalue weighted by Crippen LogP contribution is 2.43. The van der Waals surface area contributed by atoms with Gasteiger partial charge in [-0.2, -0.15) is 0 Å². The smallest absolute Gasteiger partial charge is 0.272 e. The van der Waals surface area contributed by atoms with Gasteiger partial charge in [0, 0.05) is 50.5 Å². The van der Waals surface area contributed by atoms with Gasteiger partial charge in [-0.05, 0) is 39.9 Å². The zero-order valence-corrected chi connectivity index (χ0v) is 27.9. The lowest BCUT2D eigenvalue weighted by Gasteiger charge is -2.44. The van der Waals surface area contributed by atoms with Crippen LogP contribution in [-0.4, -0.2) is 64.4 Å². The van der Waals surface area contributed by atoms with Crippen LogP contribution in [0.5, 0.6) is 0 Å². The van der Waals surface area contributed by atoms with Crippen LogP contribution < -0.4 is 5.32 Å². The second kappa shape index (κ2) is 14.5. The monoisotopic (exact) mass is 688 g/mol. The summed E-state index contributed by atoms with van der Waals surface area (Å²) < 4.78 is 23.4. The third-order valence-electron chi connectivity index (χ3n) is 9.12. The zero-order valence-electron chi connectivity index (χ0n) is 25.7. The molecule has 0 saturated carbocycles. The van der Waals surface area contributed by atoms with Gasteiger partial charge < -0.3 is 34.3 Å². The van der Waals surface area contributed by atoms with Gasteiger partial charge in [0.2, 0.25) is 0 Å². The normalized spacial score (nSPS) is 25.1.